The number of methoxy groups -OCH3 is 1. The van der Waals surface area contributed by atoms with Gasteiger partial charge in [0.2, 0.25) is 3.79 Å². The average molecular weight is 541 g/mol. The van der Waals surface area contributed by atoms with Gasteiger partial charge in [0.15, 0.2) is 0 Å². The Morgan fingerprint density at radius 1 is 1.44 bits per heavy atom. The first kappa shape index (κ1) is 27.3. The Bertz CT molecular complexity index is 985. The van der Waals surface area contributed by atoms with Crippen LogP contribution in [-0.4, -0.2) is 58.0 Å². The van der Waals surface area contributed by atoms with Crippen LogP contribution >= 0.6 is 42.5 Å². The van der Waals surface area contributed by atoms with E-state index in [2.05, 4.69) is 14.8 Å². The topological polar surface area (TPSA) is 138 Å². The predicted octanol–water partition coefficient (Wildman–Crippen LogP) is 2.13. The number of halogens is 4. The van der Waals surface area contributed by atoms with Gasteiger partial charge in [0.05, 0.1) is 13.7 Å². The first-order chi connectivity index (χ1) is 14.7. The van der Waals surface area contributed by atoms with Crippen molar-refractivity contribution in [3.63, 3.8) is 0 Å². The zero-order chi connectivity index (χ0) is 24.3. The number of hydrogen-bond acceptors (Lipinski definition) is 8. The number of rotatable bonds is 9. The van der Waals surface area contributed by atoms with Crippen LogP contribution in [0.5, 0.6) is 0 Å². The van der Waals surface area contributed by atoms with Crippen molar-refractivity contribution in [2.45, 2.75) is 48.6 Å². The summed E-state index contributed by atoms with van der Waals surface area (Å²) in [6, 6.07) is -1.14. The molecular weight excluding hydrogens is 519 g/mol. The van der Waals surface area contributed by atoms with Crippen LogP contribution in [0, 0.1) is 6.92 Å². The van der Waals surface area contributed by atoms with E-state index in [1.807, 2.05) is 0 Å². The summed E-state index contributed by atoms with van der Waals surface area (Å²) < 4.78 is 47.0. The SMILES string of the molecule is COC(=O)[C@H](C)NP(=O)(OC[C@H]1O[C@@H](n2cc(C)c(=O)[nH]c2=O)C[C@@H]1F)OCC(Cl)(Cl)Cl. The predicted molar refractivity (Wildman–Crippen MR) is 114 cm³/mol. The van der Waals surface area contributed by atoms with E-state index < -0.39 is 66.5 Å². The number of nitrogens with one attached hydrogen (secondary N) is 2. The molecule has 1 unspecified atom stereocenters. The third kappa shape index (κ3) is 7.53. The van der Waals surface area contributed by atoms with Gasteiger partial charge in [-0.05, 0) is 13.8 Å². The third-order valence-electron chi connectivity index (χ3n) is 4.33. The minimum atomic E-state index is -4.30. The second-order valence-electron chi connectivity index (χ2n) is 6.92. The fourth-order valence-corrected chi connectivity index (χ4v) is 4.62. The van der Waals surface area contributed by atoms with Gasteiger partial charge in [-0.1, -0.05) is 34.8 Å². The van der Waals surface area contributed by atoms with E-state index in [0.29, 0.717) is 0 Å². The lowest BCUT2D eigenvalue weighted by molar-refractivity contribution is -0.142. The summed E-state index contributed by atoms with van der Waals surface area (Å²) >= 11 is 16.8. The standard InChI is InChI=1S/C16H22Cl3FN3O8P/c1-8-5-23(15(26)21-13(8)24)12-4-10(20)11(31-12)6-29-32(27,30-7-16(17,18)19)22-9(2)14(25)28-3/h5,9-12H,4,6-7H2,1-3H3,(H,22,27)(H,21,24,26)/t9-,10-,11+,12+,32?/m0/s1. The van der Waals surface area contributed by atoms with Crippen LogP contribution in [0.2, 0.25) is 0 Å². The molecule has 0 aliphatic carbocycles. The molecule has 32 heavy (non-hydrogen) atoms. The molecule has 0 amide bonds. The van der Waals surface area contributed by atoms with Gasteiger partial charge >= 0.3 is 19.4 Å². The first-order valence-corrected chi connectivity index (χ1v) is 11.9. The fraction of sp³-hybridized carbons (Fsp3) is 0.688. The highest BCUT2D eigenvalue weighted by Crippen LogP contribution is 2.47. The van der Waals surface area contributed by atoms with E-state index >= 15 is 0 Å². The zero-order valence-corrected chi connectivity index (χ0v) is 20.3. The lowest BCUT2D eigenvalue weighted by Gasteiger charge is -2.25. The van der Waals surface area contributed by atoms with Gasteiger partial charge in [-0.15, -0.1) is 0 Å². The van der Waals surface area contributed by atoms with E-state index in [0.717, 1.165) is 11.7 Å². The number of carbonyl (C=O) groups excluding carboxylic acids is 1. The van der Waals surface area contributed by atoms with E-state index in [4.69, 9.17) is 48.6 Å². The quantitative estimate of drug-likeness (QED) is 0.274. The maximum absolute atomic E-state index is 14.6. The number of H-pyrrole nitrogens is 1. The molecule has 0 radical (unpaired) electrons. The lowest BCUT2D eigenvalue weighted by atomic mass is 10.2. The summed E-state index contributed by atoms with van der Waals surface area (Å²) in [6.07, 6.45) is -2.89. The third-order valence-corrected chi connectivity index (χ3v) is 6.32. The molecule has 2 rings (SSSR count). The van der Waals surface area contributed by atoms with Gasteiger partial charge in [-0.2, -0.15) is 0 Å². The number of aromatic nitrogens is 2. The highest BCUT2D eigenvalue weighted by molar-refractivity contribution is 7.51. The van der Waals surface area contributed by atoms with Crippen molar-refractivity contribution in [1.82, 2.24) is 14.6 Å². The molecule has 1 aromatic rings. The molecule has 182 valence electrons. The fourth-order valence-electron chi connectivity index (χ4n) is 2.72. The normalized spacial score (nSPS) is 24.2. The Morgan fingerprint density at radius 3 is 2.69 bits per heavy atom. The second kappa shape index (κ2) is 11.0. The van der Waals surface area contributed by atoms with Gasteiger partial charge in [0.1, 0.15) is 31.2 Å². The molecule has 2 N–H and O–H groups in total. The largest absolute Gasteiger partial charge is 0.468 e. The number of nitrogens with zero attached hydrogens (tertiary/aromatic N) is 1. The highest BCUT2D eigenvalue weighted by atomic mass is 35.6. The Kier molecular flexibility index (Phi) is 9.34. The molecule has 1 aliphatic rings. The van der Waals surface area contributed by atoms with Crippen molar-refractivity contribution in [3.8, 4) is 0 Å². The second-order valence-corrected chi connectivity index (χ2v) is 11.2. The Morgan fingerprint density at radius 2 is 2.09 bits per heavy atom. The van der Waals surface area contributed by atoms with Crippen LogP contribution in [-0.2, 0) is 27.9 Å². The molecule has 5 atom stereocenters. The number of aromatic amines is 1. The van der Waals surface area contributed by atoms with Crippen LogP contribution < -0.4 is 16.3 Å². The number of hydrogen-bond donors (Lipinski definition) is 2. The summed E-state index contributed by atoms with van der Waals surface area (Å²) in [5.74, 6) is -0.778. The summed E-state index contributed by atoms with van der Waals surface area (Å²) in [5.41, 5.74) is -1.11. The van der Waals surface area contributed by atoms with Gasteiger partial charge in [0.25, 0.3) is 5.56 Å². The number of carbonyl (C=O) groups is 1. The molecule has 0 aromatic carbocycles. The summed E-state index contributed by atoms with van der Waals surface area (Å²) in [4.78, 5) is 37.3. The van der Waals surface area contributed by atoms with Crippen molar-refractivity contribution in [1.29, 1.82) is 0 Å². The Hall–Kier alpha value is -0.980. The summed E-state index contributed by atoms with van der Waals surface area (Å²) in [5, 5.41) is 2.31. The minimum Gasteiger partial charge on any atom is -0.468 e. The molecule has 1 aromatic heterocycles. The average Bonchev–Trinajstić information content (AvgIpc) is 3.07. The van der Waals surface area contributed by atoms with E-state index in [1.165, 1.54) is 20.0 Å². The van der Waals surface area contributed by atoms with Crippen LogP contribution in [0.25, 0.3) is 0 Å². The molecular formula is C16H22Cl3FN3O8P. The molecule has 11 nitrogen and oxygen atoms in total. The van der Waals surface area contributed by atoms with Crippen molar-refractivity contribution in [3.05, 3.63) is 32.6 Å². The van der Waals surface area contributed by atoms with E-state index in [1.54, 1.807) is 0 Å². The van der Waals surface area contributed by atoms with Gasteiger partial charge < -0.3 is 9.47 Å². The lowest BCUT2D eigenvalue weighted by Crippen LogP contribution is -2.35. The number of alkyl halides is 4. The molecule has 0 saturated carbocycles. The van der Waals surface area contributed by atoms with Crippen molar-refractivity contribution >= 4 is 48.5 Å². The molecule has 2 heterocycles. The number of ether oxygens (including phenoxy) is 2. The van der Waals surface area contributed by atoms with Crippen molar-refractivity contribution in [2.24, 2.45) is 0 Å². The monoisotopic (exact) mass is 539 g/mol. The number of esters is 1. The molecule has 1 fully saturated rings. The molecule has 16 heteroatoms. The highest BCUT2D eigenvalue weighted by Gasteiger charge is 2.40. The minimum absolute atomic E-state index is 0.230. The molecule has 1 saturated heterocycles. The van der Waals surface area contributed by atoms with E-state index in [-0.39, 0.29) is 12.0 Å². The Balaban J connectivity index is 2.11. The maximum atomic E-state index is 14.6. The zero-order valence-electron chi connectivity index (χ0n) is 17.2. The van der Waals surface area contributed by atoms with Gasteiger partial charge in [0, 0.05) is 18.2 Å². The molecule has 0 bridgehead atoms. The van der Waals surface area contributed by atoms with Gasteiger partial charge in [-0.3, -0.25) is 28.2 Å². The van der Waals surface area contributed by atoms with E-state index in [9.17, 15) is 23.3 Å². The van der Waals surface area contributed by atoms with Crippen LogP contribution in [0.15, 0.2) is 15.8 Å². The molecule has 1 aliphatic heterocycles. The number of aryl methyl sites for hydroxylation is 1. The van der Waals surface area contributed by atoms with Gasteiger partial charge in [-0.25, -0.2) is 18.8 Å². The van der Waals surface area contributed by atoms with Crippen LogP contribution in [0.3, 0.4) is 0 Å². The smallest absolute Gasteiger partial charge is 0.406 e. The van der Waals surface area contributed by atoms with Crippen molar-refractivity contribution < 1.29 is 32.3 Å². The maximum Gasteiger partial charge on any atom is 0.406 e. The van der Waals surface area contributed by atoms with Crippen LogP contribution in [0.1, 0.15) is 25.1 Å². The summed E-state index contributed by atoms with van der Waals surface area (Å²) in [6.45, 7) is 1.54. The van der Waals surface area contributed by atoms with Crippen molar-refractivity contribution in [2.75, 3.05) is 20.3 Å². The first-order valence-electron chi connectivity index (χ1n) is 9.18. The van der Waals surface area contributed by atoms with Crippen LogP contribution in [0.4, 0.5) is 4.39 Å². The Labute approximate surface area is 197 Å². The molecule has 0 spiro atoms. The summed E-state index contributed by atoms with van der Waals surface area (Å²) in [7, 11) is -3.18.